The predicted octanol–water partition coefficient (Wildman–Crippen LogP) is 5.91. The van der Waals surface area contributed by atoms with Gasteiger partial charge in [0.05, 0.1) is 27.0 Å². The van der Waals surface area contributed by atoms with Crippen molar-refractivity contribution in [2.75, 3.05) is 19.4 Å². The Morgan fingerprint density at radius 3 is 2.60 bits per heavy atom. The Kier molecular flexibility index (Phi) is 6.99. The van der Waals surface area contributed by atoms with E-state index >= 15 is 0 Å². The summed E-state index contributed by atoms with van der Waals surface area (Å²) in [5.41, 5.74) is 2.39. The molecule has 5 rings (SSSR count). The van der Waals surface area contributed by atoms with Crippen LogP contribution in [0, 0.1) is 0 Å². The van der Waals surface area contributed by atoms with E-state index in [1.807, 2.05) is 6.07 Å². The van der Waals surface area contributed by atoms with Crippen LogP contribution in [0.4, 0.5) is 19.0 Å². The minimum Gasteiger partial charge on any atom is -0.345 e. The molecule has 0 saturated carbocycles. The van der Waals surface area contributed by atoms with Gasteiger partial charge in [0, 0.05) is 31.4 Å². The number of hydrogen-bond acceptors (Lipinski definition) is 4. The van der Waals surface area contributed by atoms with Gasteiger partial charge in [-0.05, 0) is 49.1 Å². The number of carbonyl (C=O) groups excluding carboxylic acids is 2. The number of anilines is 1. The number of rotatable bonds is 6. The molecule has 0 radical (unpaired) electrons. The summed E-state index contributed by atoms with van der Waals surface area (Å²) in [5, 5.41) is 3.08. The number of aromatic amines is 1. The fourth-order valence-corrected chi connectivity index (χ4v) is 5.88. The fourth-order valence-electron chi connectivity index (χ4n) is 4.97. The smallest absolute Gasteiger partial charge is 0.345 e. The van der Waals surface area contributed by atoms with Gasteiger partial charge in [-0.25, -0.2) is 4.79 Å². The molecule has 1 aliphatic carbocycles. The minimum absolute atomic E-state index is 0.0326. The summed E-state index contributed by atoms with van der Waals surface area (Å²) in [5.74, 6) is -0.762. The highest BCUT2D eigenvalue weighted by atomic mass is 32.1. The number of aryl methyl sites for hydroxylation is 1. The third-order valence-corrected chi connectivity index (χ3v) is 8.15. The van der Waals surface area contributed by atoms with E-state index in [1.54, 1.807) is 6.07 Å². The van der Waals surface area contributed by atoms with Crippen molar-refractivity contribution in [1.29, 1.82) is 0 Å². The van der Waals surface area contributed by atoms with Gasteiger partial charge in [0.25, 0.3) is 11.8 Å². The van der Waals surface area contributed by atoms with Crippen LogP contribution in [-0.2, 0) is 13.6 Å². The third-order valence-electron chi connectivity index (χ3n) is 7.02. The van der Waals surface area contributed by atoms with Crippen LogP contribution in [0.3, 0.4) is 0 Å². The predicted molar refractivity (Wildman–Crippen MR) is 151 cm³/mol. The van der Waals surface area contributed by atoms with Gasteiger partial charge in [-0.1, -0.05) is 24.6 Å². The molecule has 0 unspecified atom stereocenters. The van der Waals surface area contributed by atoms with E-state index in [-0.39, 0.29) is 22.4 Å². The number of nitrogens with zero attached hydrogens (tertiary/aromatic N) is 3. The highest BCUT2D eigenvalue weighted by Crippen LogP contribution is 2.34. The first-order chi connectivity index (χ1) is 18.9. The summed E-state index contributed by atoms with van der Waals surface area (Å²) in [7, 11) is 4.46. The lowest BCUT2D eigenvalue weighted by Crippen LogP contribution is -2.28. The van der Waals surface area contributed by atoms with Gasteiger partial charge < -0.3 is 15.2 Å². The van der Waals surface area contributed by atoms with E-state index in [2.05, 4.69) is 29.4 Å². The normalized spacial score (nSPS) is 14.0. The molecule has 3 aromatic heterocycles. The number of hydrogen-bond donors (Lipinski definition) is 2. The van der Waals surface area contributed by atoms with E-state index in [0.29, 0.717) is 20.3 Å². The summed E-state index contributed by atoms with van der Waals surface area (Å²) in [6.45, 7) is 0.652. The van der Waals surface area contributed by atoms with Crippen LogP contribution in [0.5, 0.6) is 0 Å². The topological polar surface area (TPSA) is 92.1 Å². The van der Waals surface area contributed by atoms with Gasteiger partial charge in [-0.3, -0.25) is 18.7 Å². The second kappa shape index (κ2) is 10.2. The first-order valence-electron chi connectivity index (χ1n) is 12.7. The maximum absolute atomic E-state index is 13.3. The van der Waals surface area contributed by atoms with Crippen molar-refractivity contribution in [1.82, 2.24) is 19.0 Å². The van der Waals surface area contributed by atoms with Crippen molar-refractivity contribution >= 4 is 56.5 Å². The Bertz CT molecular complexity index is 1780. The molecule has 12 heteroatoms. The standard InChI is InChI=1S/C28H28F3N5O3S/c1-5-15-7-6-8-16(11-15)21-9-10-22(40-21)25(37)33-24-23(26(38)34(2)3)17-12-20-19(13-18(17)32-24)35(4)27(39)36(20)14-28(29,30)31/h8-13,32H,5-7,14H2,1-4H3,(H,33,37). The number of H-pyrrole nitrogens is 1. The molecule has 40 heavy (non-hydrogen) atoms. The lowest BCUT2D eigenvalue weighted by molar-refractivity contribution is -0.140. The molecule has 0 atom stereocenters. The number of benzene rings is 1. The summed E-state index contributed by atoms with van der Waals surface area (Å²) >= 11 is 1.34. The Morgan fingerprint density at radius 2 is 1.93 bits per heavy atom. The van der Waals surface area contributed by atoms with Gasteiger partial charge >= 0.3 is 11.9 Å². The number of allylic oxidation sites excluding steroid dienone is 4. The van der Waals surface area contributed by atoms with Crippen LogP contribution in [0.15, 0.2) is 46.8 Å². The van der Waals surface area contributed by atoms with E-state index in [4.69, 9.17) is 0 Å². The third kappa shape index (κ3) is 4.99. The highest BCUT2D eigenvalue weighted by molar-refractivity contribution is 7.15. The number of amides is 2. The van der Waals surface area contributed by atoms with Crippen LogP contribution < -0.4 is 11.0 Å². The highest BCUT2D eigenvalue weighted by Gasteiger charge is 2.31. The number of halogens is 3. The molecule has 4 aromatic rings. The maximum atomic E-state index is 13.3. The molecule has 2 amide bonds. The lowest BCUT2D eigenvalue weighted by atomic mass is 9.97. The number of thiophene rings is 1. The Morgan fingerprint density at radius 1 is 1.18 bits per heavy atom. The monoisotopic (exact) mass is 571 g/mol. The van der Waals surface area contributed by atoms with E-state index in [0.717, 1.165) is 34.3 Å². The SMILES string of the molecule is CCC1=CC(c2ccc(C(=O)Nc3[nH]c4cc5c(cc4c3C(=O)N(C)C)n(CC(F)(F)F)c(=O)n5C)s2)=CCC1. The van der Waals surface area contributed by atoms with Crippen molar-refractivity contribution in [2.45, 2.75) is 38.9 Å². The van der Waals surface area contributed by atoms with Crippen molar-refractivity contribution in [2.24, 2.45) is 7.05 Å². The molecule has 0 bridgehead atoms. The first kappa shape index (κ1) is 27.5. The molecule has 0 saturated heterocycles. The maximum Gasteiger partial charge on any atom is 0.406 e. The molecule has 210 valence electrons. The van der Waals surface area contributed by atoms with Crippen LogP contribution >= 0.6 is 11.3 Å². The second-order valence-electron chi connectivity index (χ2n) is 9.98. The molecular formula is C28H28F3N5O3S. The molecule has 2 N–H and O–H groups in total. The van der Waals surface area contributed by atoms with Gasteiger partial charge in [0.1, 0.15) is 12.4 Å². The first-order valence-corrected chi connectivity index (χ1v) is 13.5. The van der Waals surface area contributed by atoms with Gasteiger partial charge in [0.2, 0.25) is 0 Å². The van der Waals surface area contributed by atoms with Crippen molar-refractivity contribution in [3.05, 3.63) is 67.8 Å². The molecule has 0 fully saturated rings. The molecule has 1 aliphatic rings. The number of aromatic nitrogens is 3. The minimum atomic E-state index is -4.62. The number of alkyl halides is 3. The quantitative estimate of drug-likeness (QED) is 0.301. The Balaban J connectivity index is 1.57. The average Bonchev–Trinajstić information content (AvgIpc) is 3.59. The van der Waals surface area contributed by atoms with Gasteiger partial charge in [-0.2, -0.15) is 13.2 Å². The summed E-state index contributed by atoms with van der Waals surface area (Å²) < 4.78 is 41.5. The van der Waals surface area contributed by atoms with Crippen molar-refractivity contribution in [3.8, 4) is 0 Å². The zero-order valence-electron chi connectivity index (χ0n) is 22.4. The summed E-state index contributed by atoms with van der Waals surface area (Å²) in [6.07, 6.45) is 2.65. The zero-order chi connectivity index (χ0) is 28.9. The van der Waals surface area contributed by atoms with Crippen LogP contribution in [-0.4, -0.2) is 51.1 Å². The van der Waals surface area contributed by atoms with Gasteiger partial charge in [-0.15, -0.1) is 11.3 Å². The van der Waals surface area contributed by atoms with Crippen LogP contribution in [0.2, 0.25) is 0 Å². The van der Waals surface area contributed by atoms with Crippen LogP contribution in [0.25, 0.3) is 27.5 Å². The van der Waals surface area contributed by atoms with Crippen LogP contribution in [0.1, 0.15) is 51.1 Å². The van der Waals surface area contributed by atoms with Gasteiger partial charge in [0.15, 0.2) is 0 Å². The molecule has 8 nitrogen and oxygen atoms in total. The van der Waals surface area contributed by atoms with Crippen molar-refractivity contribution < 1.29 is 22.8 Å². The zero-order valence-corrected chi connectivity index (χ0v) is 23.2. The summed E-state index contributed by atoms with van der Waals surface area (Å²) in [4.78, 5) is 44.9. The summed E-state index contributed by atoms with van der Waals surface area (Å²) in [6, 6.07) is 6.52. The fraction of sp³-hybridized carbons (Fsp3) is 0.321. The average molecular weight is 572 g/mol. The Labute approximate surface area is 231 Å². The van der Waals surface area contributed by atoms with Crippen molar-refractivity contribution in [3.63, 3.8) is 0 Å². The molecule has 0 aliphatic heterocycles. The van der Waals surface area contributed by atoms with E-state index < -0.39 is 30.2 Å². The number of nitrogens with one attached hydrogen (secondary N) is 2. The molecule has 3 heterocycles. The second-order valence-corrected chi connectivity index (χ2v) is 11.1. The van der Waals surface area contributed by atoms with E-state index in [9.17, 15) is 27.6 Å². The lowest BCUT2D eigenvalue weighted by Gasteiger charge is -2.12. The Hall–Kier alpha value is -4.06. The molecular weight excluding hydrogens is 543 g/mol. The molecule has 1 aromatic carbocycles. The largest absolute Gasteiger partial charge is 0.406 e. The number of carbonyl (C=O) groups is 2. The van der Waals surface area contributed by atoms with E-state index in [1.165, 1.54) is 55.1 Å². The number of fused-ring (bicyclic) bond motifs is 2. The molecule has 0 spiro atoms. The number of imidazole rings is 1.